The minimum absolute atomic E-state index is 0.331. The van der Waals surface area contributed by atoms with Crippen LogP contribution >= 0.6 is 46.3 Å². The Bertz CT molecular complexity index is 816. The van der Waals surface area contributed by atoms with Crippen LogP contribution in [-0.2, 0) is 6.54 Å². The van der Waals surface area contributed by atoms with Gasteiger partial charge >= 0.3 is 0 Å². The minimum Gasteiger partial charge on any atom is -0.297 e. The first kappa shape index (κ1) is 16.5. The van der Waals surface area contributed by atoms with Crippen LogP contribution in [0.2, 0.25) is 0 Å². The summed E-state index contributed by atoms with van der Waals surface area (Å²) >= 11 is 15.6. The summed E-state index contributed by atoms with van der Waals surface area (Å²) in [5.74, 6) is 2.11. The van der Waals surface area contributed by atoms with Gasteiger partial charge in [-0.15, -0.1) is 44.7 Å². The molecule has 0 aliphatic heterocycles. The minimum atomic E-state index is -0.548. The summed E-state index contributed by atoms with van der Waals surface area (Å²) in [7, 11) is 0. The lowest BCUT2D eigenvalue weighted by molar-refractivity contribution is 0.714. The second-order valence-corrected chi connectivity index (χ2v) is 9.31. The molecule has 0 N–H and O–H groups in total. The van der Waals surface area contributed by atoms with Gasteiger partial charge in [0.15, 0.2) is 11.0 Å². The Labute approximate surface area is 159 Å². The normalized spacial score (nSPS) is 18.7. The third-order valence-corrected chi connectivity index (χ3v) is 6.93. The molecule has 2 aromatic heterocycles. The number of rotatable bonds is 6. The van der Waals surface area contributed by atoms with E-state index in [1.165, 1.54) is 5.56 Å². The lowest BCUT2D eigenvalue weighted by Gasteiger charge is -2.09. The van der Waals surface area contributed by atoms with Crippen LogP contribution in [-0.4, -0.2) is 24.9 Å². The molecule has 0 saturated heterocycles. The highest BCUT2D eigenvalue weighted by atomic mass is 35.5. The molecule has 3 aromatic rings. The molecule has 1 saturated carbocycles. The van der Waals surface area contributed by atoms with Crippen LogP contribution in [0.15, 0.2) is 53.0 Å². The smallest absolute Gasteiger partial charge is 0.191 e. The predicted molar refractivity (Wildman–Crippen MR) is 102 cm³/mol. The molecule has 1 aliphatic rings. The molecular weight excluding hydrogens is 381 g/mol. The molecule has 1 fully saturated rings. The van der Waals surface area contributed by atoms with Crippen LogP contribution in [0.3, 0.4) is 0 Å². The Kier molecular flexibility index (Phi) is 4.60. The highest BCUT2D eigenvalue weighted by Crippen LogP contribution is 2.54. The number of halogens is 2. The Morgan fingerprint density at radius 2 is 1.96 bits per heavy atom. The summed E-state index contributed by atoms with van der Waals surface area (Å²) in [6.07, 6.45) is 0.855. The molecule has 2 heterocycles. The second-order valence-electron chi connectivity index (χ2n) is 5.83. The standard InChI is InChI=1S/C17H15Cl2N3S2/c18-17(19)9-13(17)11-24-16-21-20-15(14-7-4-8-23-14)22(16)10-12-5-2-1-3-6-12/h1-8,13H,9-11H2/t13-/m0/s1. The Morgan fingerprint density at radius 1 is 1.17 bits per heavy atom. The average Bonchev–Trinajstić information content (AvgIpc) is 2.99. The quantitative estimate of drug-likeness (QED) is 0.416. The highest BCUT2D eigenvalue weighted by molar-refractivity contribution is 7.99. The maximum Gasteiger partial charge on any atom is 0.191 e. The third kappa shape index (κ3) is 3.49. The highest BCUT2D eigenvalue weighted by Gasteiger charge is 2.51. The maximum atomic E-state index is 6.14. The monoisotopic (exact) mass is 395 g/mol. The van der Waals surface area contributed by atoms with Gasteiger partial charge in [-0.05, 0) is 23.4 Å². The van der Waals surface area contributed by atoms with Gasteiger partial charge in [-0.25, -0.2) is 0 Å². The van der Waals surface area contributed by atoms with E-state index in [4.69, 9.17) is 23.2 Å². The van der Waals surface area contributed by atoms with Gasteiger partial charge in [-0.1, -0.05) is 48.2 Å². The van der Waals surface area contributed by atoms with E-state index >= 15 is 0 Å². The van der Waals surface area contributed by atoms with Crippen molar-refractivity contribution >= 4 is 46.3 Å². The van der Waals surface area contributed by atoms with E-state index in [0.29, 0.717) is 5.92 Å². The van der Waals surface area contributed by atoms with Gasteiger partial charge in [-0.3, -0.25) is 4.57 Å². The van der Waals surface area contributed by atoms with Crippen LogP contribution < -0.4 is 0 Å². The molecule has 0 bridgehead atoms. The van der Waals surface area contributed by atoms with Crippen molar-refractivity contribution in [3.63, 3.8) is 0 Å². The molecule has 0 spiro atoms. The fourth-order valence-electron chi connectivity index (χ4n) is 2.52. The van der Waals surface area contributed by atoms with Crippen molar-refractivity contribution in [2.75, 3.05) is 5.75 Å². The molecule has 1 atom stereocenters. The summed E-state index contributed by atoms with van der Waals surface area (Å²) in [5.41, 5.74) is 1.23. The molecule has 4 rings (SSSR count). The number of thioether (sulfide) groups is 1. The molecule has 0 radical (unpaired) electrons. The molecule has 0 amide bonds. The van der Waals surface area contributed by atoms with Gasteiger partial charge in [0.05, 0.1) is 11.4 Å². The number of hydrogen-bond acceptors (Lipinski definition) is 4. The van der Waals surface area contributed by atoms with Gasteiger partial charge in [0.1, 0.15) is 4.33 Å². The largest absolute Gasteiger partial charge is 0.297 e. The van der Waals surface area contributed by atoms with Crippen LogP contribution in [0.1, 0.15) is 12.0 Å². The molecule has 1 aromatic carbocycles. The van der Waals surface area contributed by atoms with Crippen LogP contribution in [0.25, 0.3) is 10.7 Å². The lowest BCUT2D eigenvalue weighted by Crippen LogP contribution is -2.04. The van der Waals surface area contributed by atoms with Crippen molar-refractivity contribution in [1.29, 1.82) is 0 Å². The van der Waals surface area contributed by atoms with Crippen LogP contribution in [0.4, 0.5) is 0 Å². The first-order valence-corrected chi connectivity index (χ1v) is 10.3. The maximum absolute atomic E-state index is 6.14. The third-order valence-electron chi connectivity index (χ3n) is 4.01. The fourth-order valence-corrected chi connectivity index (χ4v) is 5.10. The molecule has 24 heavy (non-hydrogen) atoms. The van der Waals surface area contributed by atoms with Gasteiger partial charge in [0.2, 0.25) is 0 Å². The Balaban J connectivity index is 1.61. The number of benzene rings is 1. The summed E-state index contributed by atoms with van der Waals surface area (Å²) in [5, 5.41) is 11.8. The van der Waals surface area contributed by atoms with E-state index < -0.39 is 4.33 Å². The number of hydrogen-bond donors (Lipinski definition) is 0. The first-order chi connectivity index (χ1) is 11.6. The van der Waals surface area contributed by atoms with E-state index in [0.717, 1.165) is 34.6 Å². The molecule has 0 unspecified atom stereocenters. The van der Waals surface area contributed by atoms with Gasteiger partial charge in [0.25, 0.3) is 0 Å². The molecule has 124 valence electrons. The van der Waals surface area contributed by atoms with E-state index in [1.54, 1.807) is 23.1 Å². The SMILES string of the molecule is ClC1(Cl)C[C@H]1CSc1nnc(-c2cccs2)n1Cc1ccccc1. The second kappa shape index (κ2) is 6.71. The first-order valence-electron chi connectivity index (χ1n) is 7.65. The summed E-state index contributed by atoms with van der Waals surface area (Å²) in [6, 6.07) is 14.5. The van der Waals surface area contributed by atoms with Crippen molar-refractivity contribution in [3.8, 4) is 10.7 Å². The fraction of sp³-hybridized carbons (Fsp3) is 0.294. The number of thiophene rings is 1. The zero-order chi connectivity index (χ0) is 16.6. The van der Waals surface area contributed by atoms with E-state index in [2.05, 4.69) is 50.5 Å². The molecule has 3 nitrogen and oxygen atoms in total. The number of nitrogens with zero attached hydrogens (tertiary/aromatic N) is 3. The van der Waals surface area contributed by atoms with Crippen molar-refractivity contribution in [2.45, 2.75) is 22.5 Å². The summed E-state index contributed by atoms with van der Waals surface area (Å²) in [6.45, 7) is 0.751. The number of alkyl halides is 2. The van der Waals surface area contributed by atoms with Gasteiger partial charge in [-0.2, -0.15) is 0 Å². The van der Waals surface area contributed by atoms with Crippen molar-refractivity contribution < 1.29 is 0 Å². The van der Waals surface area contributed by atoms with E-state index in [1.807, 2.05) is 12.1 Å². The summed E-state index contributed by atoms with van der Waals surface area (Å²) in [4.78, 5) is 1.13. The topological polar surface area (TPSA) is 30.7 Å². The molecular formula is C17H15Cl2N3S2. The van der Waals surface area contributed by atoms with Gasteiger partial charge in [0, 0.05) is 11.7 Å². The zero-order valence-corrected chi connectivity index (χ0v) is 15.9. The Morgan fingerprint density at radius 3 is 2.62 bits per heavy atom. The van der Waals surface area contributed by atoms with Crippen molar-refractivity contribution in [1.82, 2.24) is 14.8 Å². The zero-order valence-electron chi connectivity index (χ0n) is 12.7. The molecule has 1 aliphatic carbocycles. The van der Waals surface area contributed by atoms with Gasteiger partial charge < -0.3 is 0 Å². The molecule has 7 heteroatoms. The summed E-state index contributed by atoms with van der Waals surface area (Å²) < 4.78 is 1.63. The Hall–Kier alpha value is -1.01. The average molecular weight is 396 g/mol. The van der Waals surface area contributed by atoms with Crippen molar-refractivity contribution in [2.24, 2.45) is 5.92 Å². The van der Waals surface area contributed by atoms with Crippen molar-refractivity contribution in [3.05, 3.63) is 53.4 Å². The van der Waals surface area contributed by atoms with Crippen LogP contribution in [0, 0.1) is 5.92 Å². The lowest BCUT2D eigenvalue weighted by atomic mass is 10.2. The number of aromatic nitrogens is 3. The van der Waals surface area contributed by atoms with E-state index in [-0.39, 0.29) is 0 Å². The predicted octanol–water partition coefficient (Wildman–Crippen LogP) is 5.34. The van der Waals surface area contributed by atoms with Crippen LogP contribution in [0.5, 0.6) is 0 Å². The van der Waals surface area contributed by atoms with E-state index in [9.17, 15) is 0 Å².